The number of rotatable bonds is 32. The maximum Gasteiger partial charge on any atom is 0.261 e. The minimum absolute atomic E-state index is 0.516. The van der Waals surface area contributed by atoms with Gasteiger partial charge in [-0.2, -0.15) is 0 Å². The highest BCUT2D eigenvalue weighted by Crippen LogP contribution is 2.23. The van der Waals surface area contributed by atoms with E-state index in [-0.39, 0.29) is 0 Å². The second kappa shape index (κ2) is 28.3. The molecule has 0 aliphatic rings. The van der Waals surface area contributed by atoms with Crippen LogP contribution in [0.1, 0.15) is 210 Å². The van der Waals surface area contributed by atoms with Gasteiger partial charge in [0, 0.05) is 6.42 Å². The van der Waals surface area contributed by atoms with Crippen molar-refractivity contribution in [3.05, 3.63) is 89.5 Å². The molecule has 0 aliphatic carbocycles. The summed E-state index contributed by atoms with van der Waals surface area (Å²) < 4.78 is 5.41. The number of hydrogen-bond acceptors (Lipinski definition) is 0. The van der Waals surface area contributed by atoms with Gasteiger partial charge in [0.05, 0.1) is 19.5 Å². The molecule has 0 amide bonds. The van der Waals surface area contributed by atoms with Crippen LogP contribution in [0.25, 0.3) is 0 Å². The molecule has 3 aromatic rings. The lowest BCUT2D eigenvalue weighted by molar-refractivity contribution is -0.704. The van der Waals surface area contributed by atoms with Crippen LogP contribution in [0.5, 0.6) is 0 Å². The van der Waals surface area contributed by atoms with Crippen molar-refractivity contribution in [2.45, 2.75) is 213 Å². The van der Waals surface area contributed by atoms with Crippen molar-refractivity contribution in [3.8, 4) is 0 Å². The largest absolute Gasteiger partial charge is 0.261 e. The Morgan fingerprint density at radius 1 is 0.500 bits per heavy atom. The van der Waals surface area contributed by atoms with E-state index in [2.05, 4.69) is 96.8 Å². The maximum atomic E-state index is 2.75. The summed E-state index contributed by atoms with van der Waals surface area (Å²) in [7, 11) is 0. The van der Waals surface area contributed by atoms with Gasteiger partial charge in [0.25, 0.3) is 5.82 Å². The quantitative estimate of drug-likeness (QED) is 0.0457. The molecule has 280 valence electrons. The number of imidazole rings is 1. The Labute approximate surface area is 310 Å². The zero-order valence-corrected chi connectivity index (χ0v) is 33.3. The van der Waals surface area contributed by atoms with Crippen LogP contribution in [0, 0.1) is 0 Å². The number of aryl methyl sites for hydroxylation is 1. The fourth-order valence-electron chi connectivity index (χ4n) is 7.87. The van der Waals surface area contributed by atoms with Crippen molar-refractivity contribution >= 4 is 0 Å². The number of hydrogen-bond donors (Lipinski definition) is 0. The van der Waals surface area contributed by atoms with E-state index in [9.17, 15) is 0 Å². The molecule has 2 nitrogen and oxygen atoms in total. The molecule has 0 radical (unpaired) electrons. The lowest BCUT2D eigenvalue weighted by Gasteiger charge is -2.12. The first-order valence-corrected chi connectivity index (χ1v) is 21.9. The first-order chi connectivity index (χ1) is 24.7. The molecule has 1 heterocycles. The predicted molar refractivity (Wildman–Crippen MR) is 219 cm³/mol. The van der Waals surface area contributed by atoms with Gasteiger partial charge in [-0.1, -0.05) is 216 Å². The Morgan fingerprint density at radius 2 is 0.920 bits per heavy atom. The maximum absolute atomic E-state index is 2.75. The third-order valence-corrected chi connectivity index (χ3v) is 11.1. The summed E-state index contributed by atoms with van der Waals surface area (Å²) in [6.45, 7) is 9.34. The van der Waals surface area contributed by atoms with Crippen LogP contribution in [0.2, 0.25) is 0 Å². The van der Waals surface area contributed by atoms with Crippen LogP contribution < -0.4 is 4.57 Å². The van der Waals surface area contributed by atoms with E-state index in [0.29, 0.717) is 5.92 Å². The number of benzene rings is 2. The molecule has 2 aromatic carbocycles. The monoisotopic (exact) mass is 684 g/mol. The van der Waals surface area contributed by atoms with Crippen LogP contribution in [0.15, 0.2) is 66.9 Å². The van der Waals surface area contributed by atoms with Crippen LogP contribution in [0.4, 0.5) is 0 Å². The van der Waals surface area contributed by atoms with Crippen molar-refractivity contribution in [2.75, 3.05) is 0 Å². The van der Waals surface area contributed by atoms with Crippen LogP contribution in [-0.2, 0) is 25.9 Å². The molecule has 3 rings (SSSR count). The molecular formula is C48H79N2+. The second-order valence-corrected chi connectivity index (χ2v) is 15.7. The van der Waals surface area contributed by atoms with Crippen LogP contribution in [0.3, 0.4) is 0 Å². The molecule has 50 heavy (non-hydrogen) atoms. The fourth-order valence-corrected chi connectivity index (χ4v) is 7.87. The van der Waals surface area contributed by atoms with Crippen molar-refractivity contribution in [1.82, 2.24) is 4.57 Å². The summed E-state index contributed by atoms with van der Waals surface area (Å²) >= 11 is 0. The SMILES string of the molecule is CCCCCCCCCCCCCCCCCCC[n+]1cc(CC(C)c2ccccc2)n(CCCCCCCCCC)c1Cc1ccccc1. The van der Waals surface area contributed by atoms with Gasteiger partial charge >= 0.3 is 0 Å². The van der Waals surface area contributed by atoms with E-state index in [4.69, 9.17) is 0 Å². The minimum atomic E-state index is 0.516. The van der Waals surface area contributed by atoms with Crippen molar-refractivity contribution < 1.29 is 4.57 Å². The summed E-state index contributed by atoms with van der Waals surface area (Å²) in [5.41, 5.74) is 4.42. The highest BCUT2D eigenvalue weighted by molar-refractivity contribution is 5.22. The third-order valence-electron chi connectivity index (χ3n) is 11.1. The molecule has 0 saturated carbocycles. The third kappa shape index (κ3) is 18.2. The summed E-state index contributed by atoms with van der Waals surface area (Å²) in [5, 5.41) is 0. The summed E-state index contributed by atoms with van der Waals surface area (Å²) in [6.07, 6.45) is 39.9. The molecule has 0 saturated heterocycles. The second-order valence-electron chi connectivity index (χ2n) is 15.7. The Hall–Kier alpha value is -2.35. The molecular weight excluding hydrogens is 605 g/mol. The summed E-state index contributed by atoms with van der Waals surface area (Å²) in [6, 6.07) is 22.4. The lowest BCUT2D eigenvalue weighted by Crippen LogP contribution is -2.37. The molecule has 0 N–H and O–H groups in total. The van der Waals surface area contributed by atoms with E-state index in [0.717, 1.165) is 25.9 Å². The van der Waals surface area contributed by atoms with Gasteiger partial charge in [-0.3, -0.25) is 0 Å². The van der Waals surface area contributed by atoms with Crippen molar-refractivity contribution in [3.63, 3.8) is 0 Å². The zero-order chi connectivity index (χ0) is 35.3. The Kier molecular flexibility index (Phi) is 23.8. The normalized spacial score (nSPS) is 12.1. The average Bonchev–Trinajstić information content (AvgIpc) is 3.45. The van der Waals surface area contributed by atoms with Gasteiger partial charge < -0.3 is 0 Å². The van der Waals surface area contributed by atoms with Gasteiger partial charge in [0.1, 0.15) is 11.9 Å². The van der Waals surface area contributed by atoms with E-state index in [1.807, 2.05) is 0 Å². The lowest BCUT2D eigenvalue weighted by atomic mass is 9.96. The topological polar surface area (TPSA) is 8.81 Å². The summed E-state index contributed by atoms with van der Waals surface area (Å²) in [5.74, 6) is 2.03. The van der Waals surface area contributed by atoms with Crippen molar-refractivity contribution in [2.24, 2.45) is 0 Å². The molecule has 0 fully saturated rings. The first kappa shape index (κ1) is 42.1. The number of unbranched alkanes of at least 4 members (excludes halogenated alkanes) is 23. The molecule has 0 spiro atoms. The van der Waals surface area contributed by atoms with Gasteiger partial charge in [0.15, 0.2) is 0 Å². The molecule has 1 unspecified atom stereocenters. The van der Waals surface area contributed by atoms with Crippen molar-refractivity contribution in [1.29, 1.82) is 0 Å². The Morgan fingerprint density at radius 3 is 1.40 bits per heavy atom. The van der Waals surface area contributed by atoms with E-state index >= 15 is 0 Å². The average molecular weight is 684 g/mol. The van der Waals surface area contributed by atoms with Crippen LogP contribution in [-0.4, -0.2) is 4.57 Å². The van der Waals surface area contributed by atoms with Gasteiger partial charge in [-0.05, 0) is 42.7 Å². The smallest absolute Gasteiger partial charge is 0.234 e. The number of aromatic nitrogens is 2. The van der Waals surface area contributed by atoms with Gasteiger partial charge in [-0.25, -0.2) is 9.13 Å². The molecule has 1 aromatic heterocycles. The first-order valence-electron chi connectivity index (χ1n) is 21.9. The minimum Gasteiger partial charge on any atom is -0.234 e. The number of nitrogens with zero attached hydrogens (tertiary/aromatic N) is 2. The van der Waals surface area contributed by atoms with Gasteiger partial charge in [-0.15, -0.1) is 0 Å². The highest BCUT2D eigenvalue weighted by atomic mass is 15.2. The Bertz CT molecular complexity index is 1180. The highest BCUT2D eigenvalue weighted by Gasteiger charge is 2.25. The molecule has 1 atom stereocenters. The van der Waals surface area contributed by atoms with E-state index in [1.54, 1.807) is 0 Å². The van der Waals surface area contributed by atoms with Gasteiger partial charge in [0.2, 0.25) is 0 Å². The van der Waals surface area contributed by atoms with E-state index < -0.39 is 0 Å². The Balaban J connectivity index is 1.49. The van der Waals surface area contributed by atoms with E-state index in [1.165, 1.54) is 183 Å². The standard InChI is InChI=1S/C48H79N2/c1-4-6-8-10-12-14-15-16-17-18-19-20-21-22-23-25-33-39-49-43-47(41-44(3)46-37-31-28-32-38-46)50(40-34-26-24-13-11-9-7-5-2)48(49)42-45-35-29-27-30-36-45/h27-32,35-38,43-44H,4-26,33-34,39-42H2,1-3H3/q+1. The fraction of sp³-hybridized carbons (Fsp3) is 0.688. The molecule has 0 aliphatic heterocycles. The summed E-state index contributed by atoms with van der Waals surface area (Å²) in [4.78, 5) is 0. The molecule has 0 bridgehead atoms. The molecule has 2 heteroatoms. The van der Waals surface area contributed by atoms with Crippen LogP contribution >= 0.6 is 0 Å². The zero-order valence-electron chi connectivity index (χ0n) is 33.3. The predicted octanol–water partition coefficient (Wildman–Crippen LogP) is 14.5.